The van der Waals surface area contributed by atoms with E-state index in [-0.39, 0.29) is 12.7 Å². The maximum Gasteiger partial charge on any atom is 0.344 e. The number of benzene rings is 2. The monoisotopic (exact) mass is 389 g/mol. The Kier molecular flexibility index (Phi) is 7.63. The van der Waals surface area contributed by atoms with Crippen LogP contribution in [0.3, 0.4) is 0 Å². The summed E-state index contributed by atoms with van der Waals surface area (Å²) >= 11 is 5.85. The van der Waals surface area contributed by atoms with Crippen molar-refractivity contribution in [3.05, 3.63) is 59.1 Å². The van der Waals surface area contributed by atoms with Gasteiger partial charge >= 0.3 is 12.0 Å². The maximum atomic E-state index is 11.8. The molecule has 0 unspecified atom stereocenters. The molecule has 0 spiro atoms. The minimum atomic E-state index is -0.489. The van der Waals surface area contributed by atoms with E-state index in [1.165, 1.54) is 6.21 Å². The van der Waals surface area contributed by atoms with Crippen molar-refractivity contribution < 1.29 is 19.1 Å². The van der Waals surface area contributed by atoms with Gasteiger partial charge in [0.15, 0.2) is 6.61 Å². The molecular formula is C19H20ClN3O4. The number of carbonyl (C=O) groups is 2. The Morgan fingerprint density at radius 1 is 1.19 bits per heavy atom. The fraction of sp³-hybridized carbons (Fsp3) is 0.211. The topological polar surface area (TPSA) is 89.0 Å². The number of anilines is 1. The summed E-state index contributed by atoms with van der Waals surface area (Å²) in [4.78, 5) is 23.2. The lowest BCUT2D eigenvalue weighted by atomic mass is 10.2. The van der Waals surface area contributed by atoms with Gasteiger partial charge in [0.2, 0.25) is 0 Å². The van der Waals surface area contributed by atoms with Gasteiger partial charge in [-0.2, -0.15) is 5.10 Å². The van der Waals surface area contributed by atoms with E-state index in [1.807, 2.05) is 0 Å². The summed E-state index contributed by atoms with van der Waals surface area (Å²) in [5, 5.41) is 6.99. The summed E-state index contributed by atoms with van der Waals surface area (Å²) in [7, 11) is 0. The fourth-order valence-electron chi connectivity index (χ4n) is 1.98. The first-order valence-corrected chi connectivity index (χ1v) is 8.58. The molecular weight excluding hydrogens is 370 g/mol. The van der Waals surface area contributed by atoms with Crippen molar-refractivity contribution in [2.24, 2.45) is 5.10 Å². The Morgan fingerprint density at radius 2 is 1.93 bits per heavy atom. The number of hydrogen-bond acceptors (Lipinski definition) is 5. The van der Waals surface area contributed by atoms with E-state index in [9.17, 15) is 9.59 Å². The fourth-order valence-corrected chi connectivity index (χ4v) is 2.17. The largest absolute Gasteiger partial charge is 0.482 e. The Balaban J connectivity index is 1.78. The second kappa shape index (κ2) is 10.2. The molecule has 0 bridgehead atoms. The Morgan fingerprint density at radius 3 is 2.59 bits per heavy atom. The summed E-state index contributed by atoms with van der Waals surface area (Å²) in [6.45, 7) is 3.39. The van der Waals surface area contributed by atoms with Crippen LogP contribution in [0.4, 0.5) is 10.5 Å². The van der Waals surface area contributed by atoms with Crippen LogP contribution < -0.4 is 15.5 Å². The molecule has 0 atom stereocenters. The van der Waals surface area contributed by atoms with E-state index in [1.54, 1.807) is 62.4 Å². The Hall–Kier alpha value is -3.06. The summed E-state index contributed by atoms with van der Waals surface area (Å²) in [6.07, 6.45) is 1.30. The molecule has 2 N–H and O–H groups in total. The third kappa shape index (κ3) is 7.79. The number of halogens is 1. The molecule has 8 heteroatoms. The van der Waals surface area contributed by atoms with Crippen molar-refractivity contribution in [3.63, 3.8) is 0 Å². The number of urea groups is 1. The normalized spacial score (nSPS) is 10.7. The molecule has 0 heterocycles. The van der Waals surface area contributed by atoms with E-state index in [0.29, 0.717) is 16.5 Å². The Bertz CT molecular complexity index is 807. The van der Waals surface area contributed by atoms with Crippen LogP contribution in [0.25, 0.3) is 0 Å². The average Bonchev–Trinajstić information content (AvgIpc) is 2.60. The van der Waals surface area contributed by atoms with Crippen LogP contribution in [-0.2, 0) is 9.53 Å². The molecule has 0 aromatic heterocycles. The van der Waals surface area contributed by atoms with Gasteiger partial charge in [-0.1, -0.05) is 17.7 Å². The SMILES string of the molecule is CC(C)OC(=O)COc1ccc(/C=N/NC(=O)Nc2cccc(Cl)c2)cc1. The first-order valence-electron chi connectivity index (χ1n) is 8.20. The van der Waals surface area contributed by atoms with E-state index >= 15 is 0 Å². The molecule has 2 amide bonds. The lowest BCUT2D eigenvalue weighted by Crippen LogP contribution is -2.24. The summed E-state index contributed by atoms with van der Waals surface area (Å²) < 4.78 is 10.3. The highest BCUT2D eigenvalue weighted by Crippen LogP contribution is 2.14. The van der Waals surface area contributed by atoms with Crippen LogP contribution in [0.2, 0.25) is 5.02 Å². The molecule has 0 fully saturated rings. The van der Waals surface area contributed by atoms with E-state index in [4.69, 9.17) is 21.1 Å². The van der Waals surface area contributed by atoms with Crippen molar-refractivity contribution in [2.75, 3.05) is 11.9 Å². The standard InChI is InChI=1S/C19H20ClN3O4/c1-13(2)27-18(24)12-26-17-8-6-14(7-9-17)11-21-23-19(25)22-16-5-3-4-15(20)10-16/h3-11,13H,12H2,1-2H3,(H2,22,23,25)/b21-11+. The van der Waals surface area contributed by atoms with Gasteiger partial charge in [-0.05, 0) is 61.9 Å². The van der Waals surface area contributed by atoms with Crippen molar-refractivity contribution in [2.45, 2.75) is 20.0 Å². The molecule has 0 saturated heterocycles. The highest BCUT2D eigenvalue weighted by molar-refractivity contribution is 6.30. The van der Waals surface area contributed by atoms with Crippen molar-refractivity contribution in [1.29, 1.82) is 0 Å². The zero-order chi connectivity index (χ0) is 19.6. The molecule has 0 aliphatic heterocycles. The number of esters is 1. The number of ether oxygens (including phenoxy) is 2. The third-order valence-electron chi connectivity index (χ3n) is 3.07. The molecule has 7 nitrogen and oxygen atoms in total. The molecule has 2 rings (SSSR count). The minimum Gasteiger partial charge on any atom is -0.482 e. The first-order chi connectivity index (χ1) is 12.9. The van der Waals surface area contributed by atoms with Gasteiger partial charge in [-0.15, -0.1) is 0 Å². The van der Waals surface area contributed by atoms with E-state index in [0.717, 1.165) is 5.56 Å². The predicted octanol–water partition coefficient (Wildman–Crippen LogP) is 3.83. The highest BCUT2D eigenvalue weighted by atomic mass is 35.5. The number of hydrogen-bond donors (Lipinski definition) is 2. The maximum absolute atomic E-state index is 11.8. The molecule has 2 aromatic rings. The molecule has 0 saturated carbocycles. The molecule has 142 valence electrons. The van der Waals surface area contributed by atoms with Gasteiger partial charge in [-0.3, -0.25) is 0 Å². The predicted molar refractivity (Wildman–Crippen MR) is 104 cm³/mol. The van der Waals surface area contributed by atoms with Crippen molar-refractivity contribution in [1.82, 2.24) is 5.43 Å². The molecule has 0 aliphatic carbocycles. The Labute approximate surface area is 162 Å². The average molecular weight is 390 g/mol. The van der Waals surface area contributed by atoms with Crippen molar-refractivity contribution >= 4 is 35.5 Å². The summed E-state index contributed by atoms with van der Waals surface area (Å²) in [6, 6.07) is 13.2. The number of amides is 2. The third-order valence-corrected chi connectivity index (χ3v) is 3.30. The van der Waals surface area contributed by atoms with E-state index < -0.39 is 12.0 Å². The molecule has 0 aliphatic rings. The van der Waals surface area contributed by atoms with Gasteiger partial charge in [-0.25, -0.2) is 15.0 Å². The molecule has 2 aromatic carbocycles. The second-order valence-corrected chi connectivity index (χ2v) is 6.17. The zero-order valence-corrected chi connectivity index (χ0v) is 15.7. The van der Waals surface area contributed by atoms with Crippen LogP contribution in [0.5, 0.6) is 5.75 Å². The van der Waals surface area contributed by atoms with Crippen LogP contribution in [0.15, 0.2) is 53.6 Å². The van der Waals surface area contributed by atoms with Crippen molar-refractivity contribution in [3.8, 4) is 5.75 Å². The van der Waals surface area contributed by atoms with E-state index in [2.05, 4.69) is 15.8 Å². The highest BCUT2D eigenvalue weighted by Gasteiger charge is 2.06. The first kappa shape index (κ1) is 20.3. The van der Waals surface area contributed by atoms with Crippen LogP contribution in [0.1, 0.15) is 19.4 Å². The van der Waals surface area contributed by atoms with Gasteiger partial charge in [0, 0.05) is 10.7 Å². The van der Waals surface area contributed by atoms with Gasteiger partial charge in [0.25, 0.3) is 0 Å². The van der Waals surface area contributed by atoms with Crippen LogP contribution >= 0.6 is 11.6 Å². The van der Waals surface area contributed by atoms with Gasteiger partial charge in [0.05, 0.1) is 12.3 Å². The quantitative estimate of drug-likeness (QED) is 0.428. The number of hydrazone groups is 1. The number of nitrogens with zero attached hydrogens (tertiary/aromatic N) is 1. The number of carbonyl (C=O) groups excluding carboxylic acids is 2. The second-order valence-electron chi connectivity index (χ2n) is 5.73. The smallest absolute Gasteiger partial charge is 0.344 e. The number of nitrogens with one attached hydrogen (secondary N) is 2. The van der Waals surface area contributed by atoms with Crippen LogP contribution in [-0.4, -0.2) is 30.9 Å². The zero-order valence-electron chi connectivity index (χ0n) is 14.9. The number of rotatable bonds is 7. The molecule has 0 radical (unpaired) electrons. The minimum absolute atomic E-state index is 0.156. The van der Waals surface area contributed by atoms with Gasteiger partial charge < -0.3 is 14.8 Å². The lowest BCUT2D eigenvalue weighted by Gasteiger charge is -2.09. The van der Waals surface area contributed by atoms with Crippen LogP contribution in [0, 0.1) is 0 Å². The lowest BCUT2D eigenvalue weighted by molar-refractivity contribution is -0.149. The summed E-state index contributed by atoms with van der Waals surface area (Å²) in [5.41, 5.74) is 3.66. The summed E-state index contributed by atoms with van der Waals surface area (Å²) in [5.74, 6) is 0.102. The van der Waals surface area contributed by atoms with Gasteiger partial charge in [0.1, 0.15) is 5.75 Å². The molecule has 27 heavy (non-hydrogen) atoms.